The van der Waals surface area contributed by atoms with Gasteiger partial charge < -0.3 is 35.4 Å². The lowest BCUT2D eigenvalue weighted by Gasteiger charge is -2.33. The molecule has 0 bridgehead atoms. The van der Waals surface area contributed by atoms with Crippen molar-refractivity contribution in [2.75, 3.05) is 18.1 Å². The van der Waals surface area contributed by atoms with E-state index in [-0.39, 0.29) is 30.7 Å². The number of aliphatic carboxylic acids is 1. The predicted molar refractivity (Wildman–Crippen MR) is 214 cm³/mol. The van der Waals surface area contributed by atoms with Crippen LogP contribution in [-0.2, 0) is 38.4 Å². The largest absolute Gasteiger partial charge is 0.484 e. The van der Waals surface area contributed by atoms with Crippen molar-refractivity contribution in [3.63, 3.8) is 0 Å². The number of anilines is 1. The third-order valence-corrected chi connectivity index (χ3v) is 11.1. The molecule has 2 aliphatic rings. The van der Waals surface area contributed by atoms with Gasteiger partial charge in [-0.05, 0) is 79.5 Å². The monoisotopic (exact) mass is 760 g/mol. The maximum absolute atomic E-state index is 14.3. The Balaban J connectivity index is 1.25. The second kappa shape index (κ2) is 18.8. The smallest absolute Gasteiger partial charge is 0.326 e. The second-order valence-electron chi connectivity index (χ2n) is 14.9. The van der Waals surface area contributed by atoms with Crippen LogP contribution in [0.1, 0.15) is 62.1 Å². The van der Waals surface area contributed by atoms with Crippen LogP contribution >= 0.6 is 0 Å². The number of aliphatic hydroxyl groups excluding tert-OH is 1. The summed E-state index contributed by atoms with van der Waals surface area (Å²) >= 11 is 0. The first-order valence-electron chi connectivity index (χ1n) is 19.5. The molecule has 4 N–H and O–H groups in total. The highest BCUT2D eigenvalue weighted by atomic mass is 16.5. The number of para-hydroxylation sites is 1. The van der Waals surface area contributed by atoms with E-state index in [4.69, 9.17) is 4.74 Å². The molecule has 1 aliphatic carbocycles. The van der Waals surface area contributed by atoms with Crippen molar-refractivity contribution in [1.29, 1.82) is 0 Å². The van der Waals surface area contributed by atoms with Crippen molar-refractivity contribution in [3.05, 3.63) is 132 Å². The molecular formula is C45H52N4O7. The highest BCUT2D eigenvalue weighted by Gasteiger charge is 2.48. The Morgan fingerprint density at radius 1 is 0.821 bits per heavy atom. The Morgan fingerprint density at radius 3 is 2.04 bits per heavy atom. The van der Waals surface area contributed by atoms with Crippen molar-refractivity contribution in [2.45, 2.75) is 89.2 Å². The van der Waals surface area contributed by atoms with Crippen LogP contribution in [-0.4, -0.2) is 76.4 Å². The van der Waals surface area contributed by atoms with Crippen LogP contribution < -0.4 is 20.3 Å². The number of rotatable bonds is 17. The molecule has 4 aromatic carbocycles. The molecule has 4 atom stereocenters. The summed E-state index contributed by atoms with van der Waals surface area (Å²) in [6.45, 7) is 1.59. The number of carbonyl (C=O) groups excluding carboxylic acids is 3. The zero-order chi connectivity index (χ0) is 39.5. The fraction of sp³-hybridized carbons (Fsp3) is 0.378. The topological polar surface area (TPSA) is 149 Å². The molecular weight excluding hydrogens is 709 g/mol. The van der Waals surface area contributed by atoms with E-state index < -0.39 is 35.9 Å². The van der Waals surface area contributed by atoms with Gasteiger partial charge in [0.2, 0.25) is 11.8 Å². The zero-order valence-corrected chi connectivity index (χ0v) is 31.9. The Kier molecular flexibility index (Phi) is 13.4. The SMILES string of the molecule is CC(=O)NCCC1(C(=O)NC(Cc2ccc(N3[C@H](O)[C@@H](Cc4ccccc4)N(C(=O)COc4ccccc4)[C@@H]3CCc3ccccc3)cc2)C(=O)O)CCCC1. The number of ether oxygens (including phenoxy) is 1. The molecule has 6 rings (SSSR count). The van der Waals surface area contributed by atoms with Gasteiger partial charge in [-0.2, -0.15) is 0 Å². The third-order valence-electron chi connectivity index (χ3n) is 11.1. The molecule has 1 aliphatic heterocycles. The summed E-state index contributed by atoms with van der Waals surface area (Å²) in [7, 11) is 0. The fourth-order valence-corrected chi connectivity index (χ4v) is 8.22. The van der Waals surface area contributed by atoms with Crippen molar-refractivity contribution in [3.8, 4) is 5.75 Å². The van der Waals surface area contributed by atoms with E-state index in [1.54, 1.807) is 17.0 Å². The van der Waals surface area contributed by atoms with Crippen LogP contribution in [0.25, 0.3) is 0 Å². The van der Waals surface area contributed by atoms with Gasteiger partial charge in [0.25, 0.3) is 5.91 Å². The first-order chi connectivity index (χ1) is 27.1. The molecule has 4 aromatic rings. The average Bonchev–Trinajstić information content (AvgIpc) is 3.80. The quantitative estimate of drug-likeness (QED) is 0.110. The van der Waals surface area contributed by atoms with Crippen LogP contribution in [0.3, 0.4) is 0 Å². The number of carbonyl (C=O) groups is 4. The summed E-state index contributed by atoms with van der Waals surface area (Å²) in [5, 5.41) is 28.0. The molecule has 56 heavy (non-hydrogen) atoms. The maximum atomic E-state index is 14.3. The van der Waals surface area contributed by atoms with Crippen LogP contribution in [0.15, 0.2) is 115 Å². The van der Waals surface area contributed by atoms with Gasteiger partial charge in [-0.1, -0.05) is 104 Å². The maximum Gasteiger partial charge on any atom is 0.326 e. The zero-order valence-electron chi connectivity index (χ0n) is 31.9. The fourth-order valence-electron chi connectivity index (χ4n) is 8.22. The minimum absolute atomic E-state index is 0.0567. The van der Waals surface area contributed by atoms with Crippen LogP contribution in [0.5, 0.6) is 5.75 Å². The summed E-state index contributed by atoms with van der Waals surface area (Å²) in [5.74, 6) is -1.27. The summed E-state index contributed by atoms with van der Waals surface area (Å²) in [6.07, 6.45) is 3.56. The number of hydrogen-bond acceptors (Lipinski definition) is 7. The van der Waals surface area contributed by atoms with Crippen LogP contribution in [0, 0.1) is 5.41 Å². The van der Waals surface area contributed by atoms with Gasteiger partial charge >= 0.3 is 5.97 Å². The van der Waals surface area contributed by atoms with Gasteiger partial charge in [0.15, 0.2) is 6.61 Å². The molecule has 1 heterocycles. The molecule has 1 unspecified atom stereocenters. The lowest BCUT2D eigenvalue weighted by atomic mass is 9.81. The Bertz CT molecular complexity index is 1900. The molecule has 11 nitrogen and oxygen atoms in total. The highest BCUT2D eigenvalue weighted by molar-refractivity contribution is 5.88. The summed E-state index contributed by atoms with van der Waals surface area (Å²) in [5.41, 5.74) is 2.74. The van der Waals surface area contributed by atoms with Crippen molar-refractivity contribution < 1.29 is 34.1 Å². The van der Waals surface area contributed by atoms with Crippen molar-refractivity contribution >= 4 is 29.4 Å². The first-order valence-corrected chi connectivity index (χ1v) is 19.5. The van der Waals surface area contributed by atoms with Gasteiger partial charge in [0.05, 0.1) is 11.5 Å². The highest BCUT2D eigenvalue weighted by Crippen LogP contribution is 2.41. The summed E-state index contributed by atoms with van der Waals surface area (Å²) in [6, 6.07) is 34.6. The Labute approximate surface area is 328 Å². The number of amides is 3. The number of carboxylic acids is 1. The molecule has 11 heteroatoms. The molecule has 2 fully saturated rings. The first kappa shape index (κ1) is 40.0. The van der Waals surface area contributed by atoms with Gasteiger partial charge in [-0.3, -0.25) is 14.4 Å². The van der Waals surface area contributed by atoms with Crippen LogP contribution in [0.4, 0.5) is 5.69 Å². The second-order valence-corrected chi connectivity index (χ2v) is 14.9. The number of aryl methyl sites for hydroxylation is 1. The standard InChI is InChI=1S/C45H52N4O7/c1-32(50)46-28-27-45(25-11-12-26-45)44(55)47-38(43(53)54)29-35-19-22-36(23-20-35)48-40(24-21-33-13-5-2-6-14-33)49(41(51)31-56-37-17-9-4-10-18-37)39(42(48)52)30-34-15-7-3-8-16-34/h2-10,13-20,22-23,38-40,42,52H,11-12,21,24-31H2,1H3,(H,46,50)(H,47,55)(H,53,54)/t38?,39-,40-,42-/m1/s1. The van der Waals surface area contributed by atoms with E-state index in [1.807, 2.05) is 108 Å². The third kappa shape index (κ3) is 9.94. The van der Waals surface area contributed by atoms with E-state index in [9.17, 15) is 29.4 Å². The van der Waals surface area contributed by atoms with E-state index in [1.165, 1.54) is 6.92 Å². The van der Waals surface area contributed by atoms with Crippen molar-refractivity contribution in [2.24, 2.45) is 5.41 Å². The minimum Gasteiger partial charge on any atom is -0.484 e. The van der Waals surface area contributed by atoms with Gasteiger partial charge in [0, 0.05) is 25.6 Å². The van der Waals surface area contributed by atoms with E-state index >= 15 is 0 Å². The normalized spacial score (nSPS) is 19.3. The molecule has 0 aromatic heterocycles. The number of aliphatic hydroxyl groups is 1. The van der Waals surface area contributed by atoms with E-state index in [0.29, 0.717) is 62.1 Å². The molecule has 1 saturated carbocycles. The lowest BCUT2D eigenvalue weighted by Crippen LogP contribution is -2.49. The Hall–Kier alpha value is -5.68. The Morgan fingerprint density at radius 2 is 1.43 bits per heavy atom. The van der Waals surface area contributed by atoms with Gasteiger partial charge in [-0.15, -0.1) is 0 Å². The molecule has 3 amide bonds. The average molecular weight is 761 g/mol. The lowest BCUT2D eigenvalue weighted by molar-refractivity contribution is -0.144. The van der Waals surface area contributed by atoms with Crippen LogP contribution in [0.2, 0.25) is 0 Å². The predicted octanol–water partition coefficient (Wildman–Crippen LogP) is 5.50. The molecule has 294 valence electrons. The van der Waals surface area contributed by atoms with Crippen molar-refractivity contribution in [1.82, 2.24) is 15.5 Å². The summed E-state index contributed by atoms with van der Waals surface area (Å²) < 4.78 is 5.95. The number of nitrogens with zero attached hydrogens (tertiary/aromatic N) is 2. The van der Waals surface area contributed by atoms with Gasteiger partial charge in [0.1, 0.15) is 24.2 Å². The van der Waals surface area contributed by atoms with E-state index in [2.05, 4.69) is 10.6 Å². The molecule has 0 radical (unpaired) electrons. The molecule has 1 saturated heterocycles. The molecule has 0 spiro atoms. The number of hydrogen-bond donors (Lipinski definition) is 4. The van der Waals surface area contributed by atoms with Gasteiger partial charge in [-0.25, -0.2) is 4.79 Å². The minimum atomic E-state index is -1.16. The summed E-state index contributed by atoms with van der Waals surface area (Å²) in [4.78, 5) is 55.5. The number of nitrogens with one attached hydrogen (secondary N) is 2. The number of benzene rings is 4. The van der Waals surface area contributed by atoms with E-state index in [0.717, 1.165) is 24.0 Å². The number of carboxylic acid groups (broad SMARTS) is 1.